The van der Waals surface area contributed by atoms with Crippen molar-refractivity contribution in [2.45, 2.75) is 60.8 Å². The summed E-state index contributed by atoms with van der Waals surface area (Å²) in [6.07, 6.45) is 3.72. The molecule has 5 rings (SSSR count). The number of ether oxygens (including phenoxy) is 3. The van der Waals surface area contributed by atoms with Gasteiger partial charge >= 0.3 is 5.97 Å². The van der Waals surface area contributed by atoms with Crippen LogP contribution in [0.3, 0.4) is 0 Å². The zero-order valence-corrected chi connectivity index (χ0v) is 29.3. The van der Waals surface area contributed by atoms with Gasteiger partial charge in [0.05, 0.1) is 31.6 Å². The normalized spacial score (nSPS) is 25.7. The van der Waals surface area contributed by atoms with Crippen LogP contribution in [0.25, 0.3) is 0 Å². The van der Waals surface area contributed by atoms with Crippen LogP contribution in [0.1, 0.15) is 43.8 Å². The van der Waals surface area contributed by atoms with E-state index in [9.17, 15) is 24.3 Å². The van der Waals surface area contributed by atoms with Gasteiger partial charge in [-0.15, -0.1) is 13.2 Å². The minimum Gasteiger partial charge on any atom is -0.497 e. The number of hydrogen-bond acceptors (Lipinski definition) is 8. The van der Waals surface area contributed by atoms with Gasteiger partial charge in [-0.1, -0.05) is 58.4 Å². The van der Waals surface area contributed by atoms with Gasteiger partial charge in [0.25, 0.3) is 5.91 Å². The summed E-state index contributed by atoms with van der Waals surface area (Å²) in [6, 6.07) is 15.1. The van der Waals surface area contributed by atoms with Crippen LogP contribution in [-0.2, 0) is 28.7 Å². The molecule has 2 N–H and O–H groups in total. The fraction of sp³-hybridized carbons (Fsp3) is 0.459. The number of aliphatic hydroxyl groups is 1. The van der Waals surface area contributed by atoms with Gasteiger partial charge in [-0.2, -0.15) is 0 Å². The number of aliphatic hydroxyl groups excluding tert-OH is 1. The highest BCUT2D eigenvalue weighted by molar-refractivity contribution is 9.09. The highest BCUT2D eigenvalue weighted by Crippen LogP contribution is 2.60. The maximum Gasteiger partial charge on any atom is 0.313 e. The number of nitrogens with one attached hydrogen (secondary N) is 1. The Morgan fingerprint density at radius 2 is 1.88 bits per heavy atom. The van der Waals surface area contributed by atoms with Crippen molar-refractivity contribution < 1.29 is 38.5 Å². The van der Waals surface area contributed by atoms with E-state index in [1.807, 2.05) is 30.3 Å². The average Bonchev–Trinajstić information content (AvgIpc) is 3.71. The second kappa shape index (κ2) is 16.1. The zero-order valence-electron chi connectivity index (χ0n) is 27.7. The molecule has 1 spiro atoms. The second-order valence-corrected chi connectivity index (χ2v) is 13.7. The Morgan fingerprint density at radius 3 is 2.53 bits per heavy atom. The first-order chi connectivity index (χ1) is 23.7. The van der Waals surface area contributed by atoms with Gasteiger partial charge in [0, 0.05) is 36.6 Å². The summed E-state index contributed by atoms with van der Waals surface area (Å²) < 4.78 is 18.1. The quantitative estimate of drug-likeness (QED) is 0.107. The number of halogens is 1. The predicted octanol–water partition coefficient (Wildman–Crippen LogP) is 4.10. The molecule has 0 aromatic heterocycles. The third-order valence-electron chi connectivity index (χ3n) is 9.55. The van der Waals surface area contributed by atoms with Crippen LogP contribution in [0.5, 0.6) is 5.75 Å². The molecule has 3 aliphatic heterocycles. The first-order valence-corrected chi connectivity index (χ1v) is 17.5. The third kappa shape index (κ3) is 7.32. The van der Waals surface area contributed by atoms with E-state index in [4.69, 9.17) is 14.2 Å². The molecule has 3 aliphatic rings. The molecule has 3 saturated heterocycles. The number of benzene rings is 2. The van der Waals surface area contributed by atoms with Crippen molar-refractivity contribution in [3.05, 3.63) is 85.5 Å². The van der Waals surface area contributed by atoms with Crippen LogP contribution >= 0.6 is 15.9 Å². The Labute approximate surface area is 295 Å². The van der Waals surface area contributed by atoms with Crippen molar-refractivity contribution in [3.8, 4) is 5.75 Å². The van der Waals surface area contributed by atoms with Gasteiger partial charge < -0.3 is 34.4 Å². The van der Waals surface area contributed by atoms with Crippen molar-refractivity contribution in [1.29, 1.82) is 0 Å². The van der Waals surface area contributed by atoms with Gasteiger partial charge in [-0.05, 0) is 55.5 Å². The summed E-state index contributed by atoms with van der Waals surface area (Å²) in [4.78, 5) is 58.7. The Hall–Kier alpha value is -4.00. The van der Waals surface area contributed by atoms with Crippen LogP contribution in [0.15, 0.2) is 79.9 Å². The molecular weight excluding hydrogens is 694 g/mol. The van der Waals surface area contributed by atoms with Crippen LogP contribution in [0, 0.1) is 11.8 Å². The SMILES string of the molecule is C=CCCC(=O)NC[C@@H](OC(=O)[C@@H]1[C@H]2O[C@@]3(CC2Br)[C@H](C(=O)N(CC=C)c2ccc(OC)cc2)N(CCCCO)C(=O)[C@@H]13)c1ccccc1. The summed E-state index contributed by atoms with van der Waals surface area (Å²) in [6.45, 7) is 7.86. The first kappa shape index (κ1) is 36.3. The molecule has 2 aromatic rings. The van der Waals surface area contributed by atoms with Crippen molar-refractivity contribution in [2.75, 3.05) is 38.3 Å². The lowest BCUT2D eigenvalue weighted by Gasteiger charge is -2.37. The molecule has 7 atom stereocenters. The molecule has 2 bridgehead atoms. The lowest BCUT2D eigenvalue weighted by Crippen LogP contribution is -2.57. The summed E-state index contributed by atoms with van der Waals surface area (Å²) in [7, 11) is 1.56. The number of unbranched alkanes of at least 4 members (excludes halogenated alkanes) is 1. The molecule has 0 radical (unpaired) electrons. The molecule has 49 heavy (non-hydrogen) atoms. The average molecular weight is 739 g/mol. The third-order valence-corrected chi connectivity index (χ3v) is 10.4. The van der Waals surface area contributed by atoms with Crippen molar-refractivity contribution in [2.24, 2.45) is 11.8 Å². The van der Waals surface area contributed by atoms with Crippen LogP contribution in [0.2, 0.25) is 0 Å². The fourth-order valence-corrected chi connectivity index (χ4v) is 8.26. The predicted molar refractivity (Wildman–Crippen MR) is 187 cm³/mol. The summed E-state index contributed by atoms with van der Waals surface area (Å²) in [5, 5.41) is 12.4. The molecule has 12 heteroatoms. The Balaban J connectivity index is 1.47. The lowest BCUT2D eigenvalue weighted by atomic mass is 9.70. The Bertz CT molecular complexity index is 1520. The second-order valence-electron chi connectivity index (χ2n) is 12.5. The van der Waals surface area contributed by atoms with E-state index in [1.165, 1.54) is 4.90 Å². The number of methoxy groups -OCH3 is 1. The number of hydrogen-bond donors (Lipinski definition) is 2. The molecule has 262 valence electrons. The molecule has 3 amide bonds. The van der Waals surface area contributed by atoms with Crippen molar-refractivity contribution in [3.63, 3.8) is 0 Å². The number of fused-ring (bicyclic) bond motifs is 1. The molecule has 0 saturated carbocycles. The van der Waals surface area contributed by atoms with E-state index in [2.05, 4.69) is 34.4 Å². The number of nitrogens with zero attached hydrogens (tertiary/aromatic N) is 2. The first-order valence-electron chi connectivity index (χ1n) is 16.6. The number of carbonyl (C=O) groups excluding carboxylic acids is 4. The van der Waals surface area contributed by atoms with Gasteiger partial charge in [0.2, 0.25) is 11.8 Å². The lowest BCUT2D eigenvalue weighted by molar-refractivity contribution is -0.160. The maximum atomic E-state index is 14.7. The monoisotopic (exact) mass is 737 g/mol. The number of carbonyl (C=O) groups is 4. The molecule has 2 aromatic carbocycles. The smallest absolute Gasteiger partial charge is 0.313 e. The van der Waals surface area contributed by atoms with Crippen molar-refractivity contribution in [1.82, 2.24) is 10.2 Å². The largest absolute Gasteiger partial charge is 0.497 e. The van der Waals surface area contributed by atoms with Crippen molar-refractivity contribution >= 4 is 45.3 Å². The van der Waals surface area contributed by atoms with Gasteiger partial charge in [0.1, 0.15) is 23.5 Å². The van der Waals surface area contributed by atoms with E-state index in [0.29, 0.717) is 42.7 Å². The highest BCUT2D eigenvalue weighted by atomic mass is 79.9. The van der Waals surface area contributed by atoms with E-state index in [1.54, 1.807) is 48.4 Å². The van der Waals surface area contributed by atoms with Crippen LogP contribution in [-0.4, -0.2) is 89.6 Å². The van der Waals surface area contributed by atoms with Crippen LogP contribution in [0.4, 0.5) is 5.69 Å². The van der Waals surface area contributed by atoms with E-state index < -0.39 is 41.7 Å². The number of alkyl halides is 1. The van der Waals surface area contributed by atoms with E-state index in [-0.39, 0.29) is 55.2 Å². The Morgan fingerprint density at radius 1 is 1.14 bits per heavy atom. The molecule has 3 fully saturated rings. The topological polar surface area (TPSA) is 135 Å². The number of allylic oxidation sites excluding steroid dienone is 1. The fourth-order valence-electron chi connectivity index (χ4n) is 7.32. The number of esters is 1. The number of anilines is 1. The van der Waals surface area contributed by atoms with Gasteiger partial charge in [-0.3, -0.25) is 19.2 Å². The minimum atomic E-state index is -1.30. The number of amides is 3. The maximum absolute atomic E-state index is 14.7. The molecule has 0 aliphatic carbocycles. The summed E-state index contributed by atoms with van der Waals surface area (Å²) >= 11 is 3.71. The number of likely N-dealkylation sites (tertiary alicyclic amines) is 1. The van der Waals surface area contributed by atoms with Crippen LogP contribution < -0.4 is 15.0 Å². The summed E-state index contributed by atoms with van der Waals surface area (Å²) in [5.74, 6) is -2.90. The Kier molecular flexibility index (Phi) is 12.0. The molecule has 1 unspecified atom stereocenters. The molecule has 3 heterocycles. The molecule has 11 nitrogen and oxygen atoms in total. The van der Waals surface area contributed by atoms with Gasteiger partial charge in [0.15, 0.2) is 0 Å². The number of rotatable bonds is 17. The highest BCUT2D eigenvalue weighted by Gasteiger charge is 2.77. The van der Waals surface area contributed by atoms with Gasteiger partial charge in [-0.25, -0.2) is 0 Å². The molecular formula is C37H44BrN3O8. The zero-order chi connectivity index (χ0) is 35.1. The standard InChI is InChI=1S/C37H44BrN3O8/c1-4-6-14-29(43)39-23-28(24-12-8-7-9-13-24)48-36(46)30-31-34(44)41(20-10-11-21-42)33(37(31)22-27(38)32(30)49-37)35(45)40(19-5-2)25-15-17-26(47-3)18-16-25/h4-5,7-9,12-13,15-18,27-28,30-33,42H,1-2,6,10-11,14,19-23H2,3H3,(H,39,43)/t27?,28-,30+,31-,32+,33+,37-/m1/s1. The summed E-state index contributed by atoms with van der Waals surface area (Å²) in [5.41, 5.74) is -0.0266. The van der Waals surface area contributed by atoms with E-state index in [0.717, 1.165) is 0 Å². The minimum absolute atomic E-state index is 0.0399. The van der Waals surface area contributed by atoms with E-state index >= 15 is 0 Å².